The maximum atomic E-state index is 13.0. The molecule has 0 radical (unpaired) electrons. The van der Waals surface area contributed by atoms with Crippen LogP contribution in [0, 0.1) is 5.82 Å². The first-order valence-electron chi connectivity index (χ1n) is 5.12. The molecule has 0 aliphatic carbocycles. The van der Waals surface area contributed by atoms with E-state index in [1.54, 1.807) is 24.4 Å². The molecule has 0 spiro atoms. The molecule has 0 saturated heterocycles. The fraction of sp³-hybridized carbons (Fsp3) is 0.167. The van der Waals surface area contributed by atoms with E-state index >= 15 is 0 Å². The van der Waals surface area contributed by atoms with Gasteiger partial charge in [-0.25, -0.2) is 14.4 Å². The molecule has 1 aromatic heterocycles. The summed E-state index contributed by atoms with van der Waals surface area (Å²) in [6, 6.07) is 6.10. The molecule has 17 heavy (non-hydrogen) atoms. The molecule has 1 heterocycles. The van der Waals surface area contributed by atoms with Crippen molar-refractivity contribution >= 4 is 11.6 Å². The van der Waals surface area contributed by atoms with Crippen molar-refractivity contribution < 1.29 is 4.39 Å². The second-order valence-electron chi connectivity index (χ2n) is 3.69. The van der Waals surface area contributed by atoms with Gasteiger partial charge in [0.05, 0.1) is 16.8 Å². The standard InChI is InChI=1S/C12H11ClFN3/c13-9-5-8(1-2-10(9)14)6-11(15)12-3-4-16-7-17-12/h1-5,7,11H,6,15H2. The zero-order chi connectivity index (χ0) is 12.3. The predicted octanol–water partition coefficient (Wildman–Crippen LogP) is 2.51. The smallest absolute Gasteiger partial charge is 0.141 e. The number of hydrogen-bond acceptors (Lipinski definition) is 3. The summed E-state index contributed by atoms with van der Waals surface area (Å²) in [7, 11) is 0. The van der Waals surface area contributed by atoms with Gasteiger partial charge in [-0.2, -0.15) is 0 Å². The first-order chi connectivity index (χ1) is 8.16. The molecule has 2 rings (SSSR count). The van der Waals surface area contributed by atoms with Gasteiger partial charge in [-0.05, 0) is 30.2 Å². The van der Waals surface area contributed by atoms with E-state index in [-0.39, 0.29) is 11.1 Å². The maximum absolute atomic E-state index is 13.0. The molecular formula is C12H11ClFN3. The van der Waals surface area contributed by atoms with E-state index in [1.807, 2.05) is 0 Å². The molecule has 0 bridgehead atoms. The lowest BCUT2D eigenvalue weighted by Crippen LogP contribution is -2.14. The molecule has 1 atom stereocenters. The SMILES string of the molecule is NC(Cc1ccc(F)c(Cl)c1)c1ccncn1. The van der Waals surface area contributed by atoms with E-state index in [1.165, 1.54) is 12.4 Å². The molecule has 0 saturated carbocycles. The summed E-state index contributed by atoms with van der Waals surface area (Å²) >= 11 is 5.70. The first kappa shape index (κ1) is 12.0. The van der Waals surface area contributed by atoms with E-state index in [4.69, 9.17) is 17.3 Å². The van der Waals surface area contributed by atoms with E-state index in [9.17, 15) is 4.39 Å². The van der Waals surface area contributed by atoms with Gasteiger partial charge < -0.3 is 5.73 Å². The molecular weight excluding hydrogens is 241 g/mol. The monoisotopic (exact) mass is 251 g/mol. The van der Waals surface area contributed by atoms with Crippen molar-refractivity contribution in [2.75, 3.05) is 0 Å². The molecule has 2 N–H and O–H groups in total. The zero-order valence-electron chi connectivity index (χ0n) is 8.98. The molecule has 3 nitrogen and oxygen atoms in total. The molecule has 5 heteroatoms. The van der Waals surface area contributed by atoms with Crippen LogP contribution in [0.5, 0.6) is 0 Å². The number of rotatable bonds is 3. The van der Waals surface area contributed by atoms with Crippen LogP contribution in [-0.4, -0.2) is 9.97 Å². The van der Waals surface area contributed by atoms with E-state index in [0.717, 1.165) is 11.3 Å². The van der Waals surface area contributed by atoms with E-state index < -0.39 is 5.82 Å². The summed E-state index contributed by atoms with van der Waals surface area (Å²) in [5.41, 5.74) is 7.62. The minimum Gasteiger partial charge on any atom is -0.322 e. The van der Waals surface area contributed by atoms with Gasteiger partial charge >= 0.3 is 0 Å². The predicted molar refractivity (Wildman–Crippen MR) is 64.1 cm³/mol. The number of nitrogens with zero attached hydrogens (tertiary/aromatic N) is 2. The number of nitrogens with two attached hydrogens (primary N) is 1. The molecule has 0 amide bonds. The van der Waals surface area contributed by atoms with Crippen LogP contribution in [0.4, 0.5) is 4.39 Å². The van der Waals surface area contributed by atoms with Crippen LogP contribution in [0.25, 0.3) is 0 Å². The Kier molecular flexibility index (Phi) is 3.66. The Hall–Kier alpha value is -1.52. The van der Waals surface area contributed by atoms with Crippen LogP contribution >= 0.6 is 11.6 Å². The number of hydrogen-bond donors (Lipinski definition) is 1. The van der Waals surface area contributed by atoms with Crippen LogP contribution in [0.1, 0.15) is 17.3 Å². The zero-order valence-corrected chi connectivity index (χ0v) is 9.73. The lowest BCUT2D eigenvalue weighted by atomic mass is 10.0. The first-order valence-corrected chi connectivity index (χ1v) is 5.50. The Bertz CT molecular complexity index is 504. The highest BCUT2D eigenvalue weighted by Gasteiger charge is 2.09. The fourth-order valence-corrected chi connectivity index (χ4v) is 1.75. The maximum Gasteiger partial charge on any atom is 0.141 e. The Balaban J connectivity index is 2.13. The average Bonchev–Trinajstić information content (AvgIpc) is 2.35. The van der Waals surface area contributed by atoms with Crippen molar-refractivity contribution in [3.05, 3.63) is 58.9 Å². The van der Waals surface area contributed by atoms with E-state index in [2.05, 4.69) is 9.97 Å². The summed E-state index contributed by atoms with van der Waals surface area (Å²) in [6.45, 7) is 0. The number of benzene rings is 1. The summed E-state index contributed by atoms with van der Waals surface area (Å²) < 4.78 is 13.0. The van der Waals surface area contributed by atoms with Crippen molar-refractivity contribution in [1.82, 2.24) is 9.97 Å². The van der Waals surface area contributed by atoms with Gasteiger partial charge in [-0.15, -0.1) is 0 Å². The lowest BCUT2D eigenvalue weighted by Gasteiger charge is -2.10. The second kappa shape index (κ2) is 5.21. The van der Waals surface area contributed by atoms with Crippen LogP contribution in [0.15, 0.2) is 36.8 Å². The van der Waals surface area contributed by atoms with Crippen LogP contribution in [-0.2, 0) is 6.42 Å². The van der Waals surface area contributed by atoms with Crippen LogP contribution in [0.2, 0.25) is 5.02 Å². The molecule has 0 aliphatic heterocycles. The minimum atomic E-state index is -0.425. The normalized spacial score (nSPS) is 12.4. The average molecular weight is 252 g/mol. The highest BCUT2D eigenvalue weighted by atomic mass is 35.5. The summed E-state index contributed by atoms with van der Waals surface area (Å²) in [6.07, 6.45) is 3.64. The van der Waals surface area contributed by atoms with Crippen LogP contribution in [0.3, 0.4) is 0 Å². The van der Waals surface area contributed by atoms with Gasteiger partial charge in [0.2, 0.25) is 0 Å². The van der Waals surface area contributed by atoms with Gasteiger partial charge in [0.25, 0.3) is 0 Å². The largest absolute Gasteiger partial charge is 0.322 e. The van der Waals surface area contributed by atoms with Crippen LogP contribution < -0.4 is 5.73 Å². The third-order valence-corrected chi connectivity index (χ3v) is 2.71. The summed E-state index contributed by atoms with van der Waals surface area (Å²) in [4.78, 5) is 7.89. The highest BCUT2D eigenvalue weighted by Crippen LogP contribution is 2.19. The summed E-state index contributed by atoms with van der Waals surface area (Å²) in [5, 5.41) is 0.109. The Labute approximate surface area is 103 Å². The van der Waals surface area contributed by atoms with Crippen molar-refractivity contribution in [3.63, 3.8) is 0 Å². The molecule has 0 aliphatic rings. The third-order valence-electron chi connectivity index (χ3n) is 2.42. The molecule has 1 unspecified atom stereocenters. The van der Waals surface area contributed by atoms with Crippen molar-refractivity contribution in [2.45, 2.75) is 12.5 Å². The molecule has 0 fully saturated rings. The fourth-order valence-electron chi connectivity index (χ4n) is 1.55. The molecule has 2 aromatic rings. The van der Waals surface area contributed by atoms with Gasteiger partial charge in [-0.3, -0.25) is 0 Å². The third kappa shape index (κ3) is 2.99. The summed E-state index contributed by atoms with van der Waals surface area (Å²) in [5.74, 6) is -0.425. The Morgan fingerprint density at radius 3 is 2.82 bits per heavy atom. The quantitative estimate of drug-likeness (QED) is 0.912. The lowest BCUT2D eigenvalue weighted by molar-refractivity contribution is 0.625. The highest BCUT2D eigenvalue weighted by molar-refractivity contribution is 6.30. The van der Waals surface area contributed by atoms with E-state index in [0.29, 0.717) is 6.42 Å². The Morgan fingerprint density at radius 2 is 2.18 bits per heavy atom. The molecule has 88 valence electrons. The number of halogens is 2. The topological polar surface area (TPSA) is 51.8 Å². The van der Waals surface area contributed by atoms with Crippen molar-refractivity contribution in [2.24, 2.45) is 5.73 Å². The Morgan fingerprint density at radius 1 is 1.35 bits per heavy atom. The van der Waals surface area contributed by atoms with Crippen molar-refractivity contribution in [3.8, 4) is 0 Å². The second-order valence-corrected chi connectivity index (χ2v) is 4.10. The molecule has 1 aromatic carbocycles. The minimum absolute atomic E-state index is 0.109. The van der Waals surface area contributed by atoms with Crippen molar-refractivity contribution in [1.29, 1.82) is 0 Å². The van der Waals surface area contributed by atoms with Gasteiger partial charge in [0, 0.05) is 6.20 Å². The van der Waals surface area contributed by atoms with Gasteiger partial charge in [0.1, 0.15) is 12.1 Å². The van der Waals surface area contributed by atoms with Gasteiger partial charge in [-0.1, -0.05) is 17.7 Å². The van der Waals surface area contributed by atoms with Gasteiger partial charge in [0.15, 0.2) is 0 Å². The number of aromatic nitrogens is 2.